The first-order chi connectivity index (χ1) is 9.16. The number of benzene rings is 1. The van der Waals surface area contributed by atoms with Gasteiger partial charge in [0.2, 0.25) is 0 Å². The molecule has 0 spiro atoms. The largest absolute Gasteiger partial charge is 0.480 e. The van der Waals surface area contributed by atoms with Gasteiger partial charge in [0.05, 0.1) is 11.6 Å². The molecule has 0 saturated carbocycles. The van der Waals surface area contributed by atoms with Crippen molar-refractivity contribution >= 4 is 22.6 Å². The fraction of sp³-hybridized carbons (Fsp3) is 0.286. The molecule has 2 atom stereocenters. The molecule has 2 aromatic rings. The minimum absolute atomic E-state index is 0.256. The van der Waals surface area contributed by atoms with Gasteiger partial charge < -0.3 is 15.1 Å². The molecule has 5 heteroatoms. The summed E-state index contributed by atoms with van der Waals surface area (Å²) in [5.74, 6) is -0.905. The van der Waals surface area contributed by atoms with Gasteiger partial charge in [0.25, 0.3) is 0 Å². The summed E-state index contributed by atoms with van der Waals surface area (Å²) in [4.78, 5) is 17.3. The zero-order chi connectivity index (χ0) is 13.4. The molecule has 1 fully saturated rings. The van der Waals surface area contributed by atoms with E-state index in [1.165, 1.54) is 0 Å². The molecule has 19 heavy (non-hydrogen) atoms. The first-order valence-corrected chi connectivity index (χ1v) is 6.18. The molecule has 2 unspecified atom stereocenters. The number of hydrogen-bond donors (Lipinski definition) is 2. The molecular formula is C14H14N2O3. The van der Waals surface area contributed by atoms with E-state index >= 15 is 0 Å². The Morgan fingerprint density at radius 1 is 1.32 bits per heavy atom. The summed E-state index contributed by atoms with van der Waals surface area (Å²) < 4.78 is 0. The third-order valence-electron chi connectivity index (χ3n) is 3.50. The summed E-state index contributed by atoms with van der Waals surface area (Å²) >= 11 is 0. The number of aromatic nitrogens is 1. The van der Waals surface area contributed by atoms with Crippen LogP contribution in [0.25, 0.3) is 10.9 Å². The third-order valence-corrected chi connectivity index (χ3v) is 3.50. The molecule has 0 amide bonds. The van der Waals surface area contributed by atoms with Gasteiger partial charge in [0.15, 0.2) is 0 Å². The number of carboxylic acids is 1. The van der Waals surface area contributed by atoms with Gasteiger partial charge in [-0.25, -0.2) is 4.79 Å². The summed E-state index contributed by atoms with van der Waals surface area (Å²) in [6.45, 7) is 0.338. The van der Waals surface area contributed by atoms with Crippen molar-refractivity contribution in [1.82, 2.24) is 4.98 Å². The average Bonchev–Trinajstić information content (AvgIpc) is 2.80. The molecule has 5 nitrogen and oxygen atoms in total. The van der Waals surface area contributed by atoms with Crippen LogP contribution in [0.15, 0.2) is 36.5 Å². The minimum atomic E-state index is -0.905. The molecule has 0 aliphatic carbocycles. The van der Waals surface area contributed by atoms with Crippen LogP contribution in [0, 0.1) is 0 Å². The molecule has 1 aromatic carbocycles. The van der Waals surface area contributed by atoms with E-state index in [1.807, 2.05) is 24.3 Å². The lowest BCUT2D eigenvalue weighted by molar-refractivity contribution is -0.138. The highest BCUT2D eigenvalue weighted by molar-refractivity contribution is 5.93. The van der Waals surface area contributed by atoms with Crippen molar-refractivity contribution < 1.29 is 15.0 Å². The summed E-state index contributed by atoms with van der Waals surface area (Å²) in [6.07, 6.45) is 1.32. The Morgan fingerprint density at radius 2 is 2.11 bits per heavy atom. The van der Waals surface area contributed by atoms with Crippen LogP contribution >= 0.6 is 0 Å². The van der Waals surface area contributed by atoms with Crippen LogP contribution in [0.3, 0.4) is 0 Å². The summed E-state index contributed by atoms with van der Waals surface area (Å²) in [5.41, 5.74) is 1.64. The highest BCUT2D eigenvalue weighted by Crippen LogP contribution is 2.31. The molecule has 2 N–H and O–H groups in total. The van der Waals surface area contributed by atoms with Crippen molar-refractivity contribution in [3.63, 3.8) is 0 Å². The molecule has 0 radical (unpaired) electrons. The number of hydrogen-bond acceptors (Lipinski definition) is 4. The second-order valence-corrected chi connectivity index (χ2v) is 4.74. The Balaban J connectivity index is 2.11. The van der Waals surface area contributed by atoms with Gasteiger partial charge in [0.1, 0.15) is 6.04 Å². The van der Waals surface area contributed by atoms with Gasteiger partial charge in [-0.3, -0.25) is 4.98 Å². The SMILES string of the molecule is O=C(O)C1CC(O)CN1c1ccnc2ccccc12. The number of fused-ring (bicyclic) bond motifs is 1. The van der Waals surface area contributed by atoms with E-state index in [0.29, 0.717) is 6.54 Å². The monoisotopic (exact) mass is 258 g/mol. The first-order valence-electron chi connectivity index (χ1n) is 6.18. The van der Waals surface area contributed by atoms with Crippen molar-refractivity contribution in [3.8, 4) is 0 Å². The number of rotatable bonds is 2. The number of aliphatic hydroxyl groups is 1. The number of β-amino-alcohol motifs (C(OH)–C–C–N with tert-alkyl or cyclic N) is 1. The van der Waals surface area contributed by atoms with Crippen LogP contribution in [0.5, 0.6) is 0 Å². The molecule has 1 saturated heterocycles. The Bertz CT molecular complexity index is 624. The lowest BCUT2D eigenvalue weighted by Gasteiger charge is -2.24. The van der Waals surface area contributed by atoms with Gasteiger partial charge in [-0.1, -0.05) is 18.2 Å². The number of aliphatic carboxylic acids is 1. The molecule has 0 bridgehead atoms. The van der Waals surface area contributed by atoms with E-state index in [1.54, 1.807) is 17.2 Å². The van der Waals surface area contributed by atoms with Crippen LogP contribution in [-0.2, 0) is 4.79 Å². The third kappa shape index (κ3) is 2.02. The number of carboxylic acid groups (broad SMARTS) is 1. The van der Waals surface area contributed by atoms with E-state index in [0.717, 1.165) is 16.6 Å². The Labute approximate surface area is 110 Å². The van der Waals surface area contributed by atoms with E-state index in [4.69, 9.17) is 0 Å². The van der Waals surface area contributed by atoms with Gasteiger partial charge in [0, 0.05) is 30.2 Å². The predicted octanol–water partition coefficient (Wildman–Crippen LogP) is 1.26. The molecule has 1 aliphatic heterocycles. The predicted molar refractivity (Wildman–Crippen MR) is 71.1 cm³/mol. The molecular weight excluding hydrogens is 244 g/mol. The Hall–Kier alpha value is -2.14. The molecule has 98 valence electrons. The van der Waals surface area contributed by atoms with E-state index in [2.05, 4.69) is 4.98 Å². The van der Waals surface area contributed by atoms with Crippen molar-refractivity contribution in [2.24, 2.45) is 0 Å². The second-order valence-electron chi connectivity index (χ2n) is 4.74. The summed E-state index contributed by atoms with van der Waals surface area (Å²) in [6, 6.07) is 8.72. The highest BCUT2D eigenvalue weighted by atomic mass is 16.4. The van der Waals surface area contributed by atoms with Crippen LogP contribution in [-0.4, -0.2) is 39.9 Å². The number of carbonyl (C=O) groups is 1. The Morgan fingerprint density at radius 3 is 2.89 bits per heavy atom. The zero-order valence-electron chi connectivity index (χ0n) is 10.2. The Kier molecular flexibility index (Phi) is 2.83. The lowest BCUT2D eigenvalue weighted by atomic mass is 10.1. The molecule has 1 aromatic heterocycles. The maximum Gasteiger partial charge on any atom is 0.326 e. The minimum Gasteiger partial charge on any atom is -0.480 e. The fourth-order valence-electron chi connectivity index (χ4n) is 2.65. The highest BCUT2D eigenvalue weighted by Gasteiger charge is 2.36. The standard InChI is InChI=1S/C14H14N2O3/c17-9-7-13(14(18)19)16(8-9)12-5-6-15-11-4-2-1-3-10(11)12/h1-6,9,13,17H,7-8H2,(H,18,19). The van der Waals surface area contributed by atoms with E-state index in [-0.39, 0.29) is 6.42 Å². The number of pyridine rings is 1. The smallest absolute Gasteiger partial charge is 0.326 e. The van der Waals surface area contributed by atoms with Crippen LogP contribution in [0.2, 0.25) is 0 Å². The lowest BCUT2D eigenvalue weighted by Crippen LogP contribution is -2.36. The number of anilines is 1. The molecule has 2 heterocycles. The quantitative estimate of drug-likeness (QED) is 0.848. The van der Waals surface area contributed by atoms with Crippen molar-refractivity contribution in [3.05, 3.63) is 36.5 Å². The van der Waals surface area contributed by atoms with Gasteiger partial charge in [-0.2, -0.15) is 0 Å². The first kappa shape index (κ1) is 11.9. The van der Waals surface area contributed by atoms with Crippen molar-refractivity contribution in [2.45, 2.75) is 18.6 Å². The number of nitrogens with zero attached hydrogens (tertiary/aromatic N) is 2. The van der Waals surface area contributed by atoms with E-state index < -0.39 is 18.1 Å². The van der Waals surface area contributed by atoms with Gasteiger partial charge in [-0.05, 0) is 12.1 Å². The van der Waals surface area contributed by atoms with Crippen LogP contribution in [0.1, 0.15) is 6.42 Å². The number of aliphatic hydroxyl groups excluding tert-OH is 1. The average molecular weight is 258 g/mol. The normalized spacial score (nSPS) is 22.9. The number of para-hydroxylation sites is 1. The van der Waals surface area contributed by atoms with Crippen LogP contribution in [0.4, 0.5) is 5.69 Å². The van der Waals surface area contributed by atoms with Gasteiger partial charge >= 0.3 is 5.97 Å². The van der Waals surface area contributed by atoms with Gasteiger partial charge in [-0.15, -0.1) is 0 Å². The summed E-state index contributed by atoms with van der Waals surface area (Å²) in [7, 11) is 0. The second kappa shape index (κ2) is 4.51. The van der Waals surface area contributed by atoms with E-state index in [9.17, 15) is 15.0 Å². The zero-order valence-corrected chi connectivity index (χ0v) is 10.2. The summed E-state index contributed by atoms with van der Waals surface area (Å²) in [5, 5.41) is 19.9. The maximum absolute atomic E-state index is 11.3. The topological polar surface area (TPSA) is 73.7 Å². The maximum atomic E-state index is 11.3. The van der Waals surface area contributed by atoms with Crippen LogP contribution < -0.4 is 4.90 Å². The fourth-order valence-corrected chi connectivity index (χ4v) is 2.65. The molecule has 3 rings (SSSR count). The van der Waals surface area contributed by atoms with Crippen molar-refractivity contribution in [1.29, 1.82) is 0 Å². The van der Waals surface area contributed by atoms with Crippen molar-refractivity contribution in [2.75, 3.05) is 11.4 Å². The molecule has 1 aliphatic rings.